The number of pyridine rings is 1. The summed E-state index contributed by atoms with van der Waals surface area (Å²) in [6.45, 7) is 0.556. The molecule has 0 saturated heterocycles. The second kappa shape index (κ2) is 2.60. The van der Waals surface area contributed by atoms with Crippen molar-refractivity contribution in [3.05, 3.63) is 27.5 Å². The number of aromatic nitrogens is 1. The van der Waals surface area contributed by atoms with Gasteiger partial charge in [0.1, 0.15) is 10.00 Å². The van der Waals surface area contributed by atoms with Crippen LogP contribution in [0.1, 0.15) is 0 Å². The van der Waals surface area contributed by atoms with Crippen LogP contribution in [0, 0.1) is 4.51 Å². The molecule has 1 aromatic heterocycles. The molecule has 0 unspecified atom stereocenters. The Labute approximate surface area is 69.4 Å². The summed E-state index contributed by atoms with van der Waals surface area (Å²) < 4.78 is 21.7. The molecular weight excluding hydrogens is 176 g/mol. The Kier molecular flexibility index (Phi) is 1.58. The second-order valence-corrected chi connectivity index (χ2v) is 3.29. The molecule has 1 aliphatic rings. The monoisotopic (exact) mass is 182 g/mol. The number of H-pyrrole nitrogens is 1. The van der Waals surface area contributed by atoms with Gasteiger partial charge in [-0.25, -0.2) is 0 Å². The normalized spacial score (nSPS) is 13.0. The number of nitrogens with one attached hydrogen (secondary N) is 1. The summed E-state index contributed by atoms with van der Waals surface area (Å²) in [5.41, 5.74) is 0.650. The summed E-state index contributed by atoms with van der Waals surface area (Å²) >= 11 is 0. The highest BCUT2D eigenvalue weighted by Crippen LogP contribution is 1.79. The molecule has 5 heteroatoms. The Morgan fingerprint density at radius 1 is 1.50 bits per heavy atom. The molecule has 0 atom stereocenters. The van der Waals surface area contributed by atoms with Crippen molar-refractivity contribution in [1.29, 1.82) is 0 Å². The molecule has 62 valence electrons. The Hall–Kier alpha value is -1.36. The molecule has 0 saturated carbocycles. The van der Waals surface area contributed by atoms with Gasteiger partial charge >= 0.3 is 0 Å². The van der Waals surface area contributed by atoms with Gasteiger partial charge in [-0.15, -0.1) is 0 Å². The molecule has 1 N–H and O–H groups in total. The van der Waals surface area contributed by atoms with E-state index in [0.717, 1.165) is 0 Å². The van der Waals surface area contributed by atoms with E-state index in [1.54, 1.807) is 12.3 Å². The number of hydrogen-bond acceptors (Lipinski definition) is 3. The van der Waals surface area contributed by atoms with Gasteiger partial charge in [0.2, 0.25) is 10.3 Å². The molecule has 1 aliphatic heterocycles. The zero-order valence-corrected chi connectivity index (χ0v) is 6.93. The summed E-state index contributed by atoms with van der Waals surface area (Å²) in [6, 6.07) is 1.53. The molecule has 0 bridgehead atoms. The van der Waals surface area contributed by atoms with Crippen LogP contribution in [-0.4, -0.2) is 19.9 Å². The van der Waals surface area contributed by atoms with Gasteiger partial charge in [0.05, 0.1) is 6.54 Å². The van der Waals surface area contributed by atoms with Crippen LogP contribution < -0.4 is 10.7 Å². The second-order valence-electron chi connectivity index (χ2n) is 2.38. The summed E-state index contributed by atoms with van der Waals surface area (Å²) in [5.74, 6) is 0. The molecule has 2 heterocycles. The quantitative estimate of drug-likeness (QED) is 0.514. The van der Waals surface area contributed by atoms with Gasteiger partial charge in [0, 0.05) is 11.4 Å². The standard InChI is InChI=1S/C7H6N2O2S/c10-12(11)6-2-4-9-7-5(6)1-3-8-7/h1-2,4H,3H2,(H,8,9). The van der Waals surface area contributed by atoms with Crippen molar-refractivity contribution < 1.29 is 8.42 Å². The van der Waals surface area contributed by atoms with E-state index in [4.69, 9.17) is 0 Å². The maximum absolute atomic E-state index is 10.7. The van der Waals surface area contributed by atoms with Crippen LogP contribution in [0.3, 0.4) is 0 Å². The molecule has 0 fully saturated rings. The van der Waals surface area contributed by atoms with Crippen molar-refractivity contribution in [2.24, 2.45) is 4.99 Å². The zero-order valence-electron chi connectivity index (χ0n) is 6.11. The first kappa shape index (κ1) is 7.30. The minimum Gasteiger partial charge on any atom is -0.346 e. The lowest BCUT2D eigenvalue weighted by molar-refractivity contribution is 0.624. The van der Waals surface area contributed by atoms with E-state index in [0.29, 0.717) is 21.8 Å². The summed E-state index contributed by atoms with van der Waals surface area (Å²) in [7, 11) is -2.17. The van der Waals surface area contributed by atoms with Crippen molar-refractivity contribution in [1.82, 2.24) is 4.98 Å². The maximum atomic E-state index is 10.7. The van der Waals surface area contributed by atoms with E-state index in [1.807, 2.05) is 0 Å². The third kappa shape index (κ3) is 0.984. The van der Waals surface area contributed by atoms with Crippen LogP contribution >= 0.6 is 0 Å². The van der Waals surface area contributed by atoms with Crippen molar-refractivity contribution in [2.45, 2.75) is 0 Å². The molecular formula is C7H6N2O2S. The minimum atomic E-state index is -2.17. The van der Waals surface area contributed by atoms with Crippen molar-refractivity contribution in [3.63, 3.8) is 0 Å². The summed E-state index contributed by atoms with van der Waals surface area (Å²) in [4.78, 5) is 6.93. The van der Waals surface area contributed by atoms with Crippen LogP contribution in [0.5, 0.6) is 0 Å². The fraction of sp³-hybridized carbons (Fsp3) is 0.143. The topological polar surface area (TPSA) is 62.3 Å². The van der Waals surface area contributed by atoms with Crippen LogP contribution in [-0.2, 0) is 10.3 Å². The maximum Gasteiger partial charge on any atom is 0.222 e. The van der Waals surface area contributed by atoms with Crippen LogP contribution in [0.4, 0.5) is 0 Å². The van der Waals surface area contributed by atoms with E-state index in [9.17, 15) is 8.42 Å². The summed E-state index contributed by atoms with van der Waals surface area (Å²) in [5, 5.41) is 0.686. The largest absolute Gasteiger partial charge is 0.346 e. The highest BCUT2D eigenvalue weighted by atomic mass is 32.2. The summed E-state index contributed by atoms with van der Waals surface area (Å²) in [6.07, 6.45) is 3.36. The predicted molar refractivity (Wildman–Crippen MR) is 43.1 cm³/mol. The van der Waals surface area contributed by atoms with Crippen LogP contribution in [0.2, 0.25) is 0 Å². The lowest BCUT2D eigenvalue weighted by atomic mass is 10.4. The fourth-order valence-corrected chi connectivity index (χ4v) is 1.72. The van der Waals surface area contributed by atoms with Gasteiger partial charge in [0.15, 0.2) is 0 Å². The number of fused-ring (bicyclic) bond motifs is 1. The van der Waals surface area contributed by atoms with Crippen molar-refractivity contribution in [3.8, 4) is 0 Å². The van der Waals surface area contributed by atoms with Crippen molar-refractivity contribution in [2.75, 3.05) is 6.54 Å². The van der Waals surface area contributed by atoms with E-state index in [1.165, 1.54) is 6.07 Å². The number of rotatable bonds is 0. The Morgan fingerprint density at radius 3 is 3.08 bits per heavy atom. The third-order valence-electron chi connectivity index (χ3n) is 1.70. The van der Waals surface area contributed by atoms with Crippen molar-refractivity contribution >= 4 is 16.4 Å². The van der Waals surface area contributed by atoms with E-state index in [2.05, 4.69) is 9.98 Å². The van der Waals surface area contributed by atoms with Gasteiger partial charge < -0.3 is 4.98 Å². The Morgan fingerprint density at radius 2 is 2.33 bits per heavy atom. The molecule has 4 nitrogen and oxygen atoms in total. The van der Waals surface area contributed by atoms with E-state index < -0.39 is 10.3 Å². The molecule has 1 aromatic rings. The number of aromatic amines is 1. The average molecular weight is 182 g/mol. The fourth-order valence-electron chi connectivity index (χ4n) is 1.18. The van der Waals surface area contributed by atoms with Crippen LogP contribution in [0.15, 0.2) is 17.3 Å². The predicted octanol–water partition coefficient (Wildman–Crippen LogP) is -1.16. The van der Waals surface area contributed by atoms with Gasteiger partial charge in [-0.2, -0.15) is 8.42 Å². The molecule has 2 rings (SSSR count). The number of nitrogens with zero attached hydrogens (tertiary/aromatic N) is 1. The highest BCUT2D eigenvalue weighted by molar-refractivity contribution is 7.63. The lowest BCUT2D eigenvalue weighted by Gasteiger charge is -1.82. The molecule has 0 spiro atoms. The van der Waals surface area contributed by atoms with Gasteiger partial charge in [0.25, 0.3) is 0 Å². The van der Waals surface area contributed by atoms with Gasteiger partial charge in [-0.3, -0.25) is 4.99 Å². The van der Waals surface area contributed by atoms with Gasteiger partial charge in [-0.1, -0.05) is 6.08 Å². The molecule has 0 amide bonds. The lowest BCUT2D eigenvalue weighted by Crippen LogP contribution is -2.26. The minimum absolute atomic E-state index is 0.310. The first-order valence-electron chi connectivity index (χ1n) is 3.43. The SMILES string of the molecule is O=S(=O)=c1cc[nH]c2c1=CCN=2. The first-order chi connectivity index (χ1) is 5.79. The number of hydrogen-bond donors (Lipinski definition) is 1. The smallest absolute Gasteiger partial charge is 0.222 e. The van der Waals surface area contributed by atoms with Gasteiger partial charge in [-0.05, 0) is 6.07 Å². The highest BCUT2D eigenvalue weighted by Gasteiger charge is 1.96. The molecule has 12 heavy (non-hydrogen) atoms. The van der Waals surface area contributed by atoms with E-state index >= 15 is 0 Å². The average Bonchev–Trinajstić information content (AvgIpc) is 2.49. The first-order valence-corrected chi connectivity index (χ1v) is 4.51. The Balaban J connectivity index is 3.27. The third-order valence-corrected chi connectivity index (χ3v) is 2.41. The molecule has 0 aromatic carbocycles. The van der Waals surface area contributed by atoms with Crippen LogP contribution in [0.25, 0.3) is 6.08 Å². The van der Waals surface area contributed by atoms with E-state index in [-0.39, 0.29) is 0 Å². The zero-order chi connectivity index (χ0) is 8.55. The molecule has 0 radical (unpaired) electrons. The Bertz CT molecular complexity index is 587. The molecule has 0 aliphatic carbocycles.